The monoisotopic (exact) mass is 346 g/mol. The van der Waals surface area contributed by atoms with E-state index < -0.39 is 0 Å². The molecule has 0 aromatic heterocycles. The van der Waals surface area contributed by atoms with E-state index in [9.17, 15) is 5.11 Å². The van der Waals surface area contributed by atoms with Crippen LogP contribution in [0, 0.1) is 5.92 Å². The summed E-state index contributed by atoms with van der Waals surface area (Å²) >= 11 is 0. The second-order valence-corrected chi connectivity index (χ2v) is 9.88. The third kappa shape index (κ3) is 6.68. The zero-order valence-electron chi connectivity index (χ0n) is 18.1. The topological polar surface area (TPSA) is 20.2 Å². The fourth-order valence-corrected chi connectivity index (χ4v) is 3.83. The van der Waals surface area contributed by atoms with Gasteiger partial charge in [-0.05, 0) is 46.3 Å². The number of phenolic OH excluding ortho intramolecular Hbond substituents is 1. The Morgan fingerprint density at radius 2 is 1.24 bits per heavy atom. The van der Waals surface area contributed by atoms with Crippen LogP contribution in [0.25, 0.3) is 0 Å². The van der Waals surface area contributed by atoms with Gasteiger partial charge in [0.05, 0.1) is 0 Å². The van der Waals surface area contributed by atoms with Crippen molar-refractivity contribution in [1.82, 2.24) is 0 Å². The van der Waals surface area contributed by atoms with Gasteiger partial charge in [0, 0.05) is 0 Å². The number of rotatable bonds is 8. The van der Waals surface area contributed by atoms with Crippen molar-refractivity contribution in [3.8, 4) is 5.75 Å². The van der Waals surface area contributed by atoms with Gasteiger partial charge < -0.3 is 5.11 Å². The van der Waals surface area contributed by atoms with Crippen molar-refractivity contribution in [2.24, 2.45) is 5.92 Å². The van der Waals surface area contributed by atoms with Crippen molar-refractivity contribution in [2.75, 3.05) is 0 Å². The molecule has 1 aromatic carbocycles. The molecule has 1 heteroatoms. The molecule has 144 valence electrons. The number of hydrogen-bond acceptors (Lipinski definition) is 1. The molecule has 0 unspecified atom stereocenters. The molecule has 0 bridgehead atoms. The fourth-order valence-electron chi connectivity index (χ4n) is 3.83. The summed E-state index contributed by atoms with van der Waals surface area (Å²) in [5, 5.41) is 10.8. The minimum atomic E-state index is -0.0347. The van der Waals surface area contributed by atoms with Gasteiger partial charge in [-0.2, -0.15) is 0 Å². The van der Waals surface area contributed by atoms with Gasteiger partial charge in [-0.3, -0.25) is 0 Å². The van der Waals surface area contributed by atoms with Crippen molar-refractivity contribution < 1.29 is 5.11 Å². The zero-order chi connectivity index (χ0) is 19.3. The molecule has 0 radical (unpaired) electrons. The van der Waals surface area contributed by atoms with Crippen molar-refractivity contribution >= 4 is 0 Å². The molecule has 0 aliphatic carbocycles. The van der Waals surface area contributed by atoms with Crippen LogP contribution in [0.2, 0.25) is 0 Å². The van der Waals surface area contributed by atoms with E-state index in [1.807, 2.05) is 0 Å². The van der Waals surface area contributed by atoms with E-state index in [0.29, 0.717) is 5.75 Å². The van der Waals surface area contributed by atoms with E-state index in [2.05, 4.69) is 67.5 Å². The van der Waals surface area contributed by atoms with Gasteiger partial charge in [0.1, 0.15) is 5.75 Å². The highest BCUT2D eigenvalue weighted by Crippen LogP contribution is 2.40. The predicted molar refractivity (Wildman–Crippen MR) is 112 cm³/mol. The SMILES string of the molecule is CCCC(CCC)CCCc1cc(C(C)(C)C)c(O)c(C(C)(C)C)c1. The molecule has 0 heterocycles. The zero-order valence-corrected chi connectivity index (χ0v) is 18.1. The summed E-state index contributed by atoms with van der Waals surface area (Å²) < 4.78 is 0. The molecule has 0 aliphatic heterocycles. The molecule has 0 saturated carbocycles. The van der Waals surface area contributed by atoms with Crippen LogP contribution in [0.3, 0.4) is 0 Å². The molecule has 0 fully saturated rings. The molecule has 0 saturated heterocycles. The summed E-state index contributed by atoms with van der Waals surface area (Å²) in [6, 6.07) is 4.50. The molecule has 1 N–H and O–H groups in total. The van der Waals surface area contributed by atoms with Gasteiger partial charge >= 0.3 is 0 Å². The maximum absolute atomic E-state index is 10.8. The second kappa shape index (κ2) is 9.10. The van der Waals surface area contributed by atoms with Crippen LogP contribution in [-0.4, -0.2) is 5.11 Å². The standard InChI is InChI=1S/C24H42O/c1-9-12-18(13-10-2)14-11-15-19-16-20(23(3,4)5)22(25)21(17-19)24(6,7)8/h16-18,25H,9-15H2,1-8H3. The Morgan fingerprint density at radius 3 is 1.60 bits per heavy atom. The van der Waals surface area contributed by atoms with E-state index >= 15 is 0 Å². The Bertz CT molecular complexity index is 487. The van der Waals surface area contributed by atoms with Gasteiger partial charge in [0.25, 0.3) is 0 Å². The first-order valence-electron chi connectivity index (χ1n) is 10.4. The van der Waals surface area contributed by atoms with Crippen LogP contribution in [0.15, 0.2) is 12.1 Å². The van der Waals surface area contributed by atoms with E-state index in [1.54, 1.807) is 0 Å². The molecule has 0 atom stereocenters. The van der Waals surface area contributed by atoms with Crippen LogP contribution in [0.4, 0.5) is 0 Å². The summed E-state index contributed by atoms with van der Waals surface area (Å²) in [6.07, 6.45) is 9.03. The third-order valence-electron chi connectivity index (χ3n) is 5.26. The summed E-state index contributed by atoms with van der Waals surface area (Å²) in [5.41, 5.74) is 3.50. The number of phenols is 1. The molecule has 1 aromatic rings. The first kappa shape index (κ1) is 22.1. The minimum Gasteiger partial charge on any atom is -0.507 e. The third-order valence-corrected chi connectivity index (χ3v) is 5.26. The van der Waals surface area contributed by atoms with Gasteiger partial charge in [0.2, 0.25) is 0 Å². The van der Waals surface area contributed by atoms with E-state index in [-0.39, 0.29) is 10.8 Å². The number of aryl methyl sites for hydroxylation is 1. The molecule has 0 aliphatic rings. The largest absolute Gasteiger partial charge is 0.507 e. The van der Waals surface area contributed by atoms with Crippen LogP contribution >= 0.6 is 0 Å². The smallest absolute Gasteiger partial charge is 0.123 e. The lowest BCUT2D eigenvalue weighted by atomic mass is 9.78. The average molecular weight is 347 g/mol. The average Bonchev–Trinajstić information content (AvgIpc) is 2.46. The molecular weight excluding hydrogens is 304 g/mol. The van der Waals surface area contributed by atoms with Crippen LogP contribution in [0.5, 0.6) is 5.75 Å². The minimum absolute atomic E-state index is 0.0347. The van der Waals surface area contributed by atoms with Gasteiger partial charge in [-0.1, -0.05) is 99.6 Å². The van der Waals surface area contributed by atoms with Crippen molar-refractivity contribution in [2.45, 2.75) is 111 Å². The number of hydrogen-bond donors (Lipinski definition) is 1. The maximum atomic E-state index is 10.8. The van der Waals surface area contributed by atoms with Gasteiger partial charge in [-0.25, -0.2) is 0 Å². The first-order valence-corrected chi connectivity index (χ1v) is 10.4. The Balaban J connectivity index is 3.00. The molecule has 25 heavy (non-hydrogen) atoms. The van der Waals surface area contributed by atoms with Crippen molar-refractivity contribution in [3.05, 3.63) is 28.8 Å². The van der Waals surface area contributed by atoms with E-state index in [0.717, 1.165) is 23.5 Å². The van der Waals surface area contributed by atoms with Crippen LogP contribution in [0.1, 0.15) is 111 Å². The van der Waals surface area contributed by atoms with Crippen LogP contribution < -0.4 is 0 Å². The first-order chi connectivity index (χ1) is 11.5. The summed E-state index contributed by atoms with van der Waals surface area (Å²) in [7, 11) is 0. The maximum Gasteiger partial charge on any atom is 0.123 e. The predicted octanol–water partition coefficient (Wildman–Crippen LogP) is 7.53. The highest BCUT2D eigenvalue weighted by Gasteiger charge is 2.26. The van der Waals surface area contributed by atoms with Gasteiger partial charge in [0.15, 0.2) is 0 Å². The summed E-state index contributed by atoms with van der Waals surface area (Å²) in [4.78, 5) is 0. The van der Waals surface area contributed by atoms with Crippen molar-refractivity contribution in [3.63, 3.8) is 0 Å². The molecular formula is C24H42O. The Hall–Kier alpha value is -0.980. The van der Waals surface area contributed by atoms with Crippen molar-refractivity contribution in [1.29, 1.82) is 0 Å². The highest BCUT2D eigenvalue weighted by atomic mass is 16.3. The van der Waals surface area contributed by atoms with E-state index in [1.165, 1.54) is 44.1 Å². The van der Waals surface area contributed by atoms with Gasteiger partial charge in [-0.15, -0.1) is 0 Å². The summed E-state index contributed by atoms with van der Waals surface area (Å²) in [5.74, 6) is 1.38. The summed E-state index contributed by atoms with van der Waals surface area (Å²) in [6.45, 7) is 17.7. The lowest BCUT2D eigenvalue weighted by molar-refractivity contribution is 0.399. The molecule has 1 nitrogen and oxygen atoms in total. The lowest BCUT2D eigenvalue weighted by Crippen LogP contribution is -2.18. The fraction of sp³-hybridized carbons (Fsp3) is 0.750. The van der Waals surface area contributed by atoms with Crippen LogP contribution in [-0.2, 0) is 17.3 Å². The lowest BCUT2D eigenvalue weighted by Gasteiger charge is -2.28. The number of aromatic hydroxyl groups is 1. The van der Waals surface area contributed by atoms with E-state index in [4.69, 9.17) is 0 Å². The molecule has 1 rings (SSSR count). The number of benzene rings is 1. The highest BCUT2D eigenvalue weighted by molar-refractivity contribution is 5.49. The Labute approximate surface area is 157 Å². The molecule has 0 spiro atoms. The Kier molecular flexibility index (Phi) is 8.03. The Morgan fingerprint density at radius 1 is 0.800 bits per heavy atom. The quantitative estimate of drug-likeness (QED) is 0.516. The second-order valence-electron chi connectivity index (χ2n) is 9.88. The molecule has 0 amide bonds. The normalized spacial score (nSPS) is 12.8.